The van der Waals surface area contributed by atoms with Gasteiger partial charge < -0.3 is 4.74 Å². The number of hydrogen-bond acceptors (Lipinski definition) is 6. The smallest absolute Gasteiger partial charge is 0.429 e. The molecule has 0 bridgehead atoms. The van der Waals surface area contributed by atoms with E-state index in [1.54, 1.807) is 12.1 Å². The van der Waals surface area contributed by atoms with Crippen molar-refractivity contribution in [2.24, 2.45) is 11.3 Å². The molecule has 0 radical (unpaired) electrons. The number of ether oxygens (including phenoxy) is 1. The zero-order chi connectivity index (χ0) is 19.9. The summed E-state index contributed by atoms with van der Waals surface area (Å²) < 4.78 is 5.21. The molecule has 1 aliphatic carbocycles. The van der Waals surface area contributed by atoms with Crippen molar-refractivity contribution >= 4 is 12.1 Å². The molecule has 2 rings (SSSR count). The summed E-state index contributed by atoms with van der Waals surface area (Å²) in [7, 11) is 0. The van der Waals surface area contributed by atoms with Crippen molar-refractivity contribution in [1.82, 2.24) is 0 Å². The zero-order valence-corrected chi connectivity index (χ0v) is 16.7. The van der Waals surface area contributed by atoms with Gasteiger partial charge in [-0.25, -0.2) is 14.5 Å². The maximum Gasteiger partial charge on any atom is 0.543 e. The molecule has 1 aromatic carbocycles. The molecule has 0 saturated heterocycles. The average Bonchev–Trinajstić information content (AvgIpc) is 2.62. The summed E-state index contributed by atoms with van der Waals surface area (Å²) >= 11 is 0. The molecule has 0 atom stereocenters. The highest BCUT2D eigenvalue weighted by atomic mass is 17.5. The third kappa shape index (κ3) is 6.86. The normalized spacial score (nSPS) is 20.0. The quantitative estimate of drug-likeness (QED) is 0.375. The van der Waals surface area contributed by atoms with E-state index in [0.29, 0.717) is 11.5 Å². The fourth-order valence-electron chi connectivity index (χ4n) is 3.42. The van der Waals surface area contributed by atoms with Crippen LogP contribution >= 0.6 is 0 Å². The van der Waals surface area contributed by atoms with Gasteiger partial charge in [0, 0.05) is 0 Å². The SMILES string of the molecule is CCCc1ccc(C(=O)OOOC(=O)OC2CCC(C(C)(C)C)CC2)cc1. The van der Waals surface area contributed by atoms with Gasteiger partial charge in [-0.2, -0.15) is 0 Å². The van der Waals surface area contributed by atoms with Gasteiger partial charge in [0.15, 0.2) is 0 Å². The summed E-state index contributed by atoms with van der Waals surface area (Å²) in [6, 6.07) is 6.98. The van der Waals surface area contributed by atoms with Gasteiger partial charge in [-0.1, -0.05) is 46.2 Å². The predicted molar refractivity (Wildman–Crippen MR) is 99.7 cm³/mol. The molecule has 1 fully saturated rings. The molecule has 0 aromatic heterocycles. The van der Waals surface area contributed by atoms with Crippen LogP contribution in [0.3, 0.4) is 0 Å². The first-order valence-electron chi connectivity index (χ1n) is 9.64. The van der Waals surface area contributed by atoms with Crippen LogP contribution in [0.1, 0.15) is 75.7 Å². The minimum absolute atomic E-state index is 0.193. The Kier molecular flexibility index (Phi) is 7.66. The molecule has 27 heavy (non-hydrogen) atoms. The first kappa shape index (κ1) is 21.2. The number of aryl methyl sites for hydroxylation is 1. The second-order valence-electron chi connectivity index (χ2n) is 8.18. The maximum absolute atomic E-state index is 11.8. The Bertz CT molecular complexity index is 609. The van der Waals surface area contributed by atoms with E-state index in [9.17, 15) is 9.59 Å². The van der Waals surface area contributed by atoms with Crippen LogP contribution in [0.4, 0.5) is 4.79 Å². The van der Waals surface area contributed by atoms with Gasteiger partial charge in [-0.05, 0) is 61.1 Å². The van der Waals surface area contributed by atoms with Crippen molar-refractivity contribution in [2.45, 2.75) is 72.3 Å². The molecule has 1 aliphatic rings. The summed E-state index contributed by atoms with van der Waals surface area (Å²) in [6.45, 7) is 8.77. The summed E-state index contributed by atoms with van der Waals surface area (Å²) in [5, 5.41) is 4.28. The number of rotatable bonds is 6. The molecule has 150 valence electrons. The van der Waals surface area contributed by atoms with Gasteiger partial charge in [0.25, 0.3) is 0 Å². The molecule has 0 amide bonds. The van der Waals surface area contributed by atoms with Crippen LogP contribution in [0.15, 0.2) is 24.3 Å². The molecule has 6 nitrogen and oxygen atoms in total. The largest absolute Gasteiger partial charge is 0.543 e. The second kappa shape index (κ2) is 9.74. The molecule has 0 N–H and O–H groups in total. The number of hydrogen-bond donors (Lipinski definition) is 0. The number of benzene rings is 1. The van der Waals surface area contributed by atoms with Gasteiger partial charge in [0.05, 0.1) is 10.6 Å². The molecular formula is C21H30O6. The van der Waals surface area contributed by atoms with Gasteiger partial charge >= 0.3 is 12.1 Å². The summed E-state index contributed by atoms with van der Waals surface area (Å²) in [5.41, 5.74) is 1.71. The molecule has 0 unspecified atom stereocenters. The Morgan fingerprint density at radius 2 is 1.63 bits per heavy atom. The summed E-state index contributed by atoms with van der Waals surface area (Å²) in [4.78, 5) is 32.4. The lowest BCUT2D eigenvalue weighted by atomic mass is 9.72. The molecule has 0 aliphatic heterocycles. The summed E-state index contributed by atoms with van der Waals surface area (Å²) in [5.74, 6) is -0.120. The Morgan fingerprint density at radius 3 is 2.19 bits per heavy atom. The molecule has 0 spiro atoms. The number of carbonyl (C=O) groups is 2. The van der Waals surface area contributed by atoms with Crippen LogP contribution in [0.2, 0.25) is 0 Å². The van der Waals surface area contributed by atoms with E-state index in [1.807, 2.05) is 12.1 Å². The van der Waals surface area contributed by atoms with E-state index in [1.165, 1.54) is 0 Å². The maximum atomic E-state index is 11.8. The Balaban J connectivity index is 1.66. The Labute approximate surface area is 161 Å². The minimum Gasteiger partial charge on any atom is -0.429 e. The first-order chi connectivity index (χ1) is 12.8. The van der Waals surface area contributed by atoms with E-state index >= 15 is 0 Å². The fourth-order valence-corrected chi connectivity index (χ4v) is 3.42. The van der Waals surface area contributed by atoms with E-state index in [2.05, 4.69) is 42.5 Å². The van der Waals surface area contributed by atoms with Crippen LogP contribution in [-0.2, 0) is 26.0 Å². The fraction of sp³-hybridized carbons (Fsp3) is 0.619. The summed E-state index contributed by atoms with van der Waals surface area (Å²) in [6.07, 6.45) is 4.37. The Morgan fingerprint density at radius 1 is 1.00 bits per heavy atom. The molecular weight excluding hydrogens is 348 g/mol. The van der Waals surface area contributed by atoms with Crippen molar-refractivity contribution in [3.63, 3.8) is 0 Å². The highest BCUT2D eigenvalue weighted by Gasteiger charge is 2.31. The van der Waals surface area contributed by atoms with E-state index in [4.69, 9.17) is 4.74 Å². The lowest BCUT2D eigenvalue weighted by Crippen LogP contribution is -2.30. The topological polar surface area (TPSA) is 71.1 Å². The average molecular weight is 378 g/mol. The van der Waals surface area contributed by atoms with Gasteiger partial charge in [0.2, 0.25) is 0 Å². The van der Waals surface area contributed by atoms with E-state index in [0.717, 1.165) is 44.1 Å². The molecule has 6 heteroatoms. The third-order valence-electron chi connectivity index (χ3n) is 5.10. The van der Waals surface area contributed by atoms with Gasteiger partial charge in [-0.3, -0.25) is 4.89 Å². The Hall–Kier alpha value is -2.08. The lowest BCUT2D eigenvalue weighted by Gasteiger charge is -2.36. The van der Waals surface area contributed by atoms with Gasteiger partial charge in [-0.15, -0.1) is 0 Å². The highest BCUT2D eigenvalue weighted by molar-refractivity contribution is 5.88. The van der Waals surface area contributed by atoms with Crippen LogP contribution < -0.4 is 0 Å². The monoisotopic (exact) mass is 378 g/mol. The minimum atomic E-state index is -1.000. The number of carbonyl (C=O) groups excluding carboxylic acids is 2. The van der Waals surface area contributed by atoms with Crippen molar-refractivity contribution < 1.29 is 29.1 Å². The second-order valence-corrected chi connectivity index (χ2v) is 8.18. The molecule has 0 heterocycles. The molecule has 1 saturated carbocycles. The van der Waals surface area contributed by atoms with Crippen LogP contribution in [0, 0.1) is 11.3 Å². The standard InChI is InChI=1S/C21H30O6/c1-5-6-15-7-9-16(10-8-15)19(22)25-27-26-20(23)24-18-13-11-17(12-14-18)21(2,3)4/h7-10,17-18H,5-6,11-14H2,1-4H3. The predicted octanol–water partition coefficient (Wildman–Crippen LogP) is 5.40. The van der Waals surface area contributed by atoms with Crippen LogP contribution in [-0.4, -0.2) is 18.2 Å². The van der Waals surface area contributed by atoms with Gasteiger partial charge in [0.1, 0.15) is 6.10 Å². The van der Waals surface area contributed by atoms with Crippen LogP contribution in [0.5, 0.6) is 0 Å². The highest BCUT2D eigenvalue weighted by Crippen LogP contribution is 2.38. The van der Waals surface area contributed by atoms with Crippen molar-refractivity contribution in [3.05, 3.63) is 35.4 Å². The lowest BCUT2D eigenvalue weighted by molar-refractivity contribution is -0.453. The zero-order valence-electron chi connectivity index (χ0n) is 16.7. The van der Waals surface area contributed by atoms with E-state index in [-0.39, 0.29) is 11.5 Å². The third-order valence-corrected chi connectivity index (χ3v) is 5.10. The molecule has 1 aromatic rings. The van der Waals surface area contributed by atoms with E-state index < -0.39 is 12.1 Å². The first-order valence-corrected chi connectivity index (χ1v) is 9.64. The van der Waals surface area contributed by atoms with Crippen molar-refractivity contribution in [2.75, 3.05) is 0 Å². The van der Waals surface area contributed by atoms with Crippen molar-refractivity contribution in [3.8, 4) is 0 Å². The van der Waals surface area contributed by atoms with Crippen LogP contribution in [0.25, 0.3) is 0 Å². The van der Waals surface area contributed by atoms with Crippen molar-refractivity contribution in [1.29, 1.82) is 0 Å².